The summed E-state index contributed by atoms with van der Waals surface area (Å²) in [5.74, 6) is 0.675. The van der Waals surface area contributed by atoms with Crippen LogP contribution in [-0.4, -0.2) is 31.5 Å². The van der Waals surface area contributed by atoms with Crippen molar-refractivity contribution in [2.75, 3.05) is 25.6 Å². The minimum Gasteiger partial charge on any atom is -0.487 e. The van der Waals surface area contributed by atoms with Crippen molar-refractivity contribution in [3.8, 4) is 5.75 Å². The number of nitrogen functional groups attached to an aromatic ring is 1. The molecule has 116 valence electrons. The quantitative estimate of drug-likeness (QED) is 0.798. The minimum atomic E-state index is -0.0885. The fraction of sp³-hybridized carbons (Fsp3) is 0.600. The summed E-state index contributed by atoms with van der Waals surface area (Å²) >= 11 is 9.45. The van der Waals surface area contributed by atoms with E-state index in [0.717, 1.165) is 50.0 Å². The standard InChI is InChI=1S/C15H19BrClNO3/c16-12-7-10(17)8-13(18)14(12)21-11-1-4-20-15(9-11)2-5-19-6-3-15/h7-8,11H,1-6,9,18H2. The summed E-state index contributed by atoms with van der Waals surface area (Å²) in [7, 11) is 0. The summed E-state index contributed by atoms with van der Waals surface area (Å²) < 4.78 is 18.4. The molecule has 1 unspecified atom stereocenters. The van der Waals surface area contributed by atoms with E-state index in [4.69, 9.17) is 31.5 Å². The van der Waals surface area contributed by atoms with E-state index in [1.807, 2.05) is 0 Å². The first-order valence-corrected chi connectivity index (χ1v) is 8.38. The molecule has 0 amide bonds. The highest BCUT2D eigenvalue weighted by Gasteiger charge is 2.40. The molecule has 2 aliphatic heterocycles. The smallest absolute Gasteiger partial charge is 0.156 e. The van der Waals surface area contributed by atoms with E-state index in [-0.39, 0.29) is 11.7 Å². The third-order valence-electron chi connectivity index (χ3n) is 4.17. The van der Waals surface area contributed by atoms with E-state index >= 15 is 0 Å². The maximum absolute atomic E-state index is 6.15. The molecule has 2 N–H and O–H groups in total. The Morgan fingerprint density at radius 2 is 2.05 bits per heavy atom. The Labute approximate surface area is 138 Å². The van der Waals surface area contributed by atoms with Crippen LogP contribution in [0.3, 0.4) is 0 Å². The van der Waals surface area contributed by atoms with Crippen LogP contribution >= 0.6 is 27.5 Å². The highest BCUT2D eigenvalue weighted by atomic mass is 79.9. The number of halogens is 2. The summed E-state index contributed by atoms with van der Waals surface area (Å²) in [4.78, 5) is 0. The van der Waals surface area contributed by atoms with E-state index in [1.165, 1.54) is 0 Å². The van der Waals surface area contributed by atoms with Gasteiger partial charge in [0.2, 0.25) is 0 Å². The van der Waals surface area contributed by atoms with Gasteiger partial charge in [0.15, 0.2) is 5.75 Å². The van der Waals surface area contributed by atoms with Gasteiger partial charge in [-0.15, -0.1) is 0 Å². The number of hydrogen-bond donors (Lipinski definition) is 1. The van der Waals surface area contributed by atoms with Gasteiger partial charge in [-0.3, -0.25) is 0 Å². The second kappa shape index (κ2) is 6.32. The Balaban J connectivity index is 1.73. The average Bonchev–Trinajstić information content (AvgIpc) is 2.44. The SMILES string of the molecule is Nc1cc(Cl)cc(Br)c1OC1CCOC2(CCOCC2)C1. The number of nitrogens with two attached hydrogens (primary N) is 1. The van der Waals surface area contributed by atoms with Crippen molar-refractivity contribution in [3.05, 3.63) is 21.6 Å². The van der Waals surface area contributed by atoms with Gasteiger partial charge in [-0.2, -0.15) is 0 Å². The molecule has 4 nitrogen and oxygen atoms in total. The number of rotatable bonds is 2. The van der Waals surface area contributed by atoms with Crippen molar-refractivity contribution < 1.29 is 14.2 Å². The largest absolute Gasteiger partial charge is 0.487 e. The van der Waals surface area contributed by atoms with Crippen LogP contribution in [0.5, 0.6) is 5.75 Å². The molecular weight excluding hydrogens is 358 g/mol. The van der Waals surface area contributed by atoms with E-state index in [9.17, 15) is 0 Å². The van der Waals surface area contributed by atoms with Crippen LogP contribution in [0.2, 0.25) is 5.02 Å². The van der Waals surface area contributed by atoms with Gasteiger partial charge in [-0.1, -0.05) is 11.6 Å². The lowest BCUT2D eigenvalue weighted by Crippen LogP contribution is -2.47. The van der Waals surface area contributed by atoms with Crippen molar-refractivity contribution in [2.24, 2.45) is 0 Å². The number of anilines is 1. The summed E-state index contributed by atoms with van der Waals surface area (Å²) in [6.07, 6.45) is 3.73. The van der Waals surface area contributed by atoms with Crippen LogP contribution in [0.15, 0.2) is 16.6 Å². The van der Waals surface area contributed by atoms with Crippen LogP contribution in [0.25, 0.3) is 0 Å². The zero-order chi connectivity index (χ0) is 14.9. The molecule has 1 aromatic rings. The molecule has 6 heteroatoms. The molecule has 1 aromatic carbocycles. The lowest BCUT2D eigenvalue weighted by molar-refractivity contribution is -0.155. The molecule has 2 saturated heterocycles. The molecule has 0 saturated carbocycles. The highest BCUT2D eigenvalue weighted by molar-refractivity contribution is 9.10. The third-order valence-corrected chi connectivity index (χ3v) is 4.98. The van der Waals surface area contributed by atoms with Gasteiger partial charge >= 0.3 is 0 Å². The lowest BCUT2D eigenvalue weighted by atomic mass is 9.85. The normalized spacial score (nSPS) is 25.0. The molecule has 0 radical (unpaired) electrons. The molecule has 1 atom stereocenters. The maximum Gasteiger partial charge on any atom is 0.156 e. The average molecular weight is 377 g/mol. The second-order valence-electron chi connectivity index (χ2n) is 5.68. The minimum absolute atomic E-state index is 0.0885. The first kappa shape index (κ1) is 15.4. The van der Waals surface area contributed by atoms with Gasteiger partial charge in [0.05, 0.1) is 22.4 Å². The lowest BCUT2D eigenvalue weighted by Gasteiger charge is -2.43. The van der Waals surface area contributed by atoms with Gasteiger partial charge in [0.25, 0.3) is 0 Å². The second-order valence-corrected chi connectivity index (χ2v) is 6.97. The van der Waals surface area contributed by atoms with Crippen molar-refractivity contribution in [2.45, 2.75) is 37.4 Å². The van der Waals surface area contributed by atoms with Gasteiger partial charge in [0, 0.05) is 31.1 Å². The summed E-state index contributed by atoms with van der Waals surface area (Å²) in [5.41, 5.74) is 6.49. The maximum atomic E-state index is 6.15. The molecule has 3 rings (SSSR count). The Morgan fingerprint density at radius 1 is 1.29 bits per heavy atom. The number of ether oxygens (including phenoxy) is 3. The van der Waals surface area contributed by atoms with Crippen molar-refractivity contribution in [1.82, 2.24) is 0 Å². The fourth-order valence-electron chi connectivity index (χ4n) is 3.05. The number of benzene rings is 1. The predicted octanol–water partition coefficient (Wildman–Crippen LogP) is 3.79. The predicted molar refractivity (Wildman–Crippen MR) is 86.0 cm³/mol. The Bertz CT molecular complexity index is 491. The van der Waals surface area contributed by atoms with E-state index in [2.05, 4.69) is 15.9 Å². The summed E-state index contributed by atoms with van der Waals surface area (Å²) in [5, 5.41) is 0.597. The first-order chi connectivity index (χ1) is 10.1. The zero-order valence-corrected chi connectivity index (χ0v) is 14.1. The molecule has 2 aliphatic rings. The molecule has 2 fully saturated rings. The van der Waals surface area contributed by atoms with Gasteiger partial charge in [-0.25, -0.2) is 0 Å². The molecule has 0 bridgehead atoms. The Hall–Kier alpha value is -0.490. The number of hydrogen-bond acceptors (Lipinski definition) is 4. The summed E-state index contributed by atoms with van der Waals surface area (Å²) in [6, 6.07) is 3.52. The Morgan fingerprint density at radius 3 is 2.76 bits per heavy atom. The Kier molecular flexibility index (Phi) is 4.64. The van der Waals surface area contributed by atoms with Crippen LogP contribution in [0.1, 0.15) is 25.7 Å². The monoisotopic (exact) mass is 375 g/mol. The zero-order valence-electron chi connectivity index (χ0n) is 11.7. The van der Waals surface area contributed by atoms with Crippen molar-refractivity contribution in [3.63, 3.8) is 0 Å². The van der Waals surface area contributed by atoms with Crippen LogP contribution < -0.4 is 10.5 Å². The van der Waals surface area contributed by atoms with E-state index < -0.39 is 0 Å². The van der Waals surface area contributed by atoms with Gasteiger partial charge < -0.3 is 19.9 Å². The fourth-order valence-corrected chi connectivity index (χ4v) is 3.97. The molecule has 1 spiro atoms. The van der Waals surface area contributed by atoms with E-state index in [0.29, 0.717) is 16.5 Å². The third kappa shape index (κ3) is 3.47. The first-order valence-electron chi connectivity index (χ1n) is 7.21. The van der Waals surface area contributed by atoms with Crippen LogP contribution in [-0.2, 0) is 9.47 Å². The van der Waals surface area contributed by atoms with Crippen LogP contribution in [0.4, 0.5) is 5.69 Å². The molecule has 2 heterocycles. The molecular formula is C15H19BrClNO3. The van der Waals surface area contributed by atoms with Crippen molar-refractivity contribution >= 4 is 33.2 Å². The van der Waals surface area contributed by atoms with Crippen molar-refractivity contribution in [1.29, 1.82) is 0 Å². The summed E-state index contributed by atoms with van der Waals surface area (Å²) in [6.45, 7) is 2.24. The molecule has 0 aliphatic carbocycles. The van der Waals surface area contributed by atoms with Gasteiger partial charge in [0.1, 0.15) is 6.10 Å². The topological polar surface area (TPSA) is 53.7 Å². The van der Waals surface area contributed by atoms with Crippen LogP contribution in [0, 0.1) is 0 Å². The van der Waals surface area contributed by atoms with Gasteiger partial charge in [-0.05, 0) is 40.9 Å². The van der Waals surface area contributed by atoms with E-state index in [1.54, 1.807) is 12.1 Å². The molecule has 21 heavy (non-hydrogen) atoms. The molecule has 0 aromatic heterocycles. The highest BCUT2D eigenvalue weighted by Crippen LogP contribution is 2.39.